The molecule has 5 nitrogen and oxygen atoms in total. The van der Waals surface area contributed by atoms with Gasteiger partial charge in [-0.1, -0.05) is 0 Å². The average molecular weight is 249 g/mol. The maximum Gasteiger partial charge on any atom is 0.323 e. The third-order valence-electron chi connectivity index (χ3n) is 2.11. The van der Waals surface area contributed by atoms with Crippen molar-refractivity contribution in [3.8, 4) is 0 Å². The quantitative estimate of drug-likeness (QED) is 0.484. The lowest BCUT2D eigenvalue weighted by atomic mass is 9.97. The molecular weight excluding hydrogens is 232 g/mol. The second-order valence-electron chi connectivity index (χ2n) is 3.99. The normalized spacial score (nSPS) is 17.4. The van der Waals surface area contributed by atoms with Crippen molar-refractivity contribution in [2.24, 2.45) is 16.5 Å². The van der Waals surface area contributed by atoms with Crippen molar-refractivity contribution in [2.45, 2.75) is 32.2 Å². The molecule has 0 aliphatic carbocycles. The van der Waals surface area contributed by atoms with Gasteiger partial charge >= 0.3 is 5.97 Å². The molecule has 0 aromatic carbocycles. The Labute approximate surface area is 98.2 Å². The third kappa shape index (κ3) is 5.96. The van der Waals surface area contributed by atoms with Gasteiger partial charge in [-0.2, -0.15) is 0 Å². The van der Waals surface area contributed by atoms with Crippen molar-refractivity contribution in [1.82, 2.24) is 0 Å². The summed E-state index contributed by atoms with van der Waals surface area (Å²) in [6.07, 6.45) is -0.586. The fourth-order valence-electron chi connectivity index (χ4n) is 0.892. The molecule has 1 atom stereocenters. The number of nitrogens with zero attached hydrogens (tertiary/aromatic N) is 1. The van der Waals surface area contributed by atoms with Crippen LogP contribution in [0.1, 0.15) is 26.7 Å². The molecule has 0 amide bonds. The van der Waals surface area contributed by atoms with E-state index < -0.39 is 29.7 Å². The highest BCUT2D eigenvalue weighted by Gasteiger charge is 2.28. The number of carbonyl (C=O) groups is 1. The van der Waals surface area contributed by atoms with Crippen LogP contribution in [0.5, 0.6) is 0 Å². The Kier molecular flexibility index (Phi) is 5.73. The predicted octanol–water partition coefficient (Wildman–Crippen LogP) is 1.10. The van der Waals surface area contributed by atoms with Gasteiger partial charge in [-0.3, -0.25) is 9.79 Å². The zero-order valence-corrected chi connectivity index (χ0v) is 9.83. The molecule has 0 aliphatic heterocycles. The van der Waals surface area contributed by atoms with Crippen LogP contribution >= 0.6 is 0 Å². The van der Waals surface area contributed by atoms with E-state index in [-0.39, 0.29) is 18.7 Å². The summed E-state index contributed by atoms with van der Waals surface area (Å²) in [4.78, 5) is 14.1. The Morgan fingerprint density at radius 1 is 1.41 bits per heavy atom. The fraction of sp³-hybridized carbons (Fsp3) is 0.600. The van der Waals surface area contributed by atoms with Crippen molar-refractivity contribution in [3.63, 3.8) is 0 Å². The Morgan fingerprint density at radius 3 is 2.35 bits per heavy atom. The monoisotopic (exact) mass is 249 g/mol. The highest BCUT2D eigenvalue weighted by Crippen LogP contribution is 2.19. The topological polar surface area (TPSA) is 102 Å². The van der Waals surface area contributed by atoms with E-state index in [1.165, 1.54) is 13.8 Å². The Hall–Kier alpha value is -1.50. The number of hydrogen-bond donors (Lipinski definition) is 3. The molecular formula is C10H17F2N3O2. The van der Waals surface area contributed by atoms with Crippen molar-refractivity contribution in [2.75, 3.05) is 6.54 Å². The molecule has 0 aliphatic rings. The van der Waals surface area contributed by atoms with E-state index in [0.29, 0.717) is 0 Å². The minimum atomic E-state index is -1.58. The number of aliphatic carboxylic acids is 1. The summed E-state index contributed by atoms with van der Waals surface area (Å²) in [7, 11) is 0. The molecule has 0 unspecified atom stereocenters. The SMILES string of the molecule is CC(N)=NCC(F)=C(F)CC[C@](C)(N)C(=O)O. The summed E-state index contributed by atoms with van der Waals surface area (Å²) >= 11 is 0. The van der Waals surface area contributed by atoms with E-state index in [1.54, 1.807) is 0 Å². The standard InChI is InChI=1S/C10H17F2N3O2/c1-6(13)15-5-8(12)7(11)3-4-10(2,14)9(16)17/h3-5,14H2,1-2H3,(H2,13,15)(H,16,17)/t10-/m0/s1. The van der Waals surface area contributed by atoms with Crippen LogP contribution in [-0.4, -0.2) is 29.0 Å². The summed E-state index contributed by atoms with van der Waals surface area (Å²) < 4.78 is 26.3. The maximum absolute atomic E-state index is 13.2. The van der Waals surface area contributed by atoms with Crippen LogP contribution in [0.2, 0.25) is 0 Å². The van der Waals surface area contributed by atoms with Gasteiger partial charge in [0, 0.05) is 6.42 Å². The predicted molar refractivity (Wildman–Crippen MR) is 60.9 cm³/mol. The van der Waals surface area contributed by atoms with Crippen molar-refractivity contribution in [1.29, 1.82) is 0 Å². The van der Waals surface area contributed by atoms with Crippen molar-refractivity contribution >= 4 is 11.8 Å². The molecule has 0 aromatic heterocycles. The molecule has 0 rings (SSSR count). The molecule has 0 radical (unpaired) electrons. The second-order valence-corrected chi connectivity index (χ2v) is 3.99. The number of nitrogens with two attached hydrogens (primary N) is 2. The maximum atomic E-state index is 13.2. The number of allylic oxidation sites excluding steroid dienone is 1. The van der Waals surface area contributed by atoms with Gasteiger partial charge in [0.1, 0.15) is 11.4 Å². The van der Waals surface area contributed by atoms with Gasteiger partial charge in [0.15, 0.2) is 5.83 Å². The highest BCUT2D eigenvalue weighted by molar-refractivity contribution is 5.78. The second kappa shape index (κ2) is 6.29. The average Bonchev–Trinajstić information content (AvgIpc) is 2.22. The van der Waals surface area contributed by atoms with Crippen LogP contribution in [-0.2, 0) is 4.79 Å². The largest absolute Gasteiger partial charge is 0.480 e. The third-order valence-corrected chi connectivity index (χ3v) is 2.11. The first kappa shape index (κ1) is 15.5. The summed E-state index contributed by atoms with van der Waals surface area (Å²) in [5.41, 5.74) is 8.96. The number of amidine groups is 1. The van der Waals surface area contributed by atoms with Gasteiger partial charge in [-0.25, -0.2) is 8.78 Å². The van der Waals surface area contributed by atoms with Gasteiger partial charge in [0.25, 0.3) is 0 Å². The first-order valence-electron chi connectivity index (χ1n) is 4.98. The zero-order valence-electron chi connectivity index (χ0n) is 9.83. The molecule has 0 aromatic rings. The molecule has 0 fully saturated rings. The molecule has 0 heterocycles. The van der Waals surface area contributed by atoms with Crippen LogP contribution in [0.3, 0.4) is 0 Å². The van der Waals surface area contributed by atoms with Gasteiger partial charge in [-0.15, -0.1) is 0 Å². The molecule has 0 saturated carbocycles. The number of carboxylic acids is 1. The van der Waals surface area contributed by atoms with E-state index in [9.17, 15) is 13.6 Å². The Morgan fingerprint density at radius 2 is 1.94 bits per heavy atom. The van der Waals surface area contributed by atoms with Gasteiger partial charge in [-0.05, 0) is 20.3 Å². The molecule has 98 valence electrons. The summed E-state index contributed by atoms with van der Waals surface area (Å²) in [5, 5.41) is 8.67. The molecule has 0 spiro atoms. The Balaban J connectivity index is 4.43. The van der Waals surface area contributed by atoms with Gasteiger partial charge in [0.05, 0.1) is 12.4 Å². The number of rotatable bonds is 6. The molecule has 17 heavy (non-hydrogen) atoms. The van der Waals surface area contributed by atoms with Crippen molar-refractivity contribution < 1.29 is 18.7 Å². The van der Waals surface area contributed by atoms with Crippen molar-refractivity contribution in [3.05, 3.63) is 11.7 Å². The minimum absolute atomic E-state index is 0.141. The summed E-state index contributed by atoms with van der Waals surface area (Å²) in [6.45, 7) is 2.21. The van der Waals surface area contributed by atoms with E-state index in [1.807, 2.05) is 0 Å². The van der Waals surface area contributed by atoms with Crippen LogP contribution in [0, 0.1) is 0 Å². The first-order chi connectivity index (χ1) is 7.66. The summed E-state index contributed by atoms with van der Waals surface area (Å²) in [5.74, 6) is -3.23. The van der Waals surface area contributed by atoms with E-state index in [2.05, 4.69) is 4.99 Å². The molecule has 5 N–H and O–H groups in total. The van der Waals surface area contributed by atoms with Crippen LogP contribution in [0.15, 0.2) is 16.6 Å². The number of aliphatic imine (C=N–C) groups is 1. The Bertz CT molecular complexity index is 347. The number of hydrogen-bond acceptors (Lipinski definition) is 3. The number of halogens is 2. The fourth-order valence-corrected chi connectivity index (χ4v) is 0.892. The molecule has 0 saturated heterocycles. The lowest BCUT2D eigenvalue weighted by Gasteiger charge is -2.18. The number of carboxylic acid groups (broad SMARTS) is 1. The van der Waals surface area contributed by atoms with E-state index in [4.69, 9.17) is 16.6 Å². The van der Waals surface area contributed by atoms with Crippen LogP contribution < -0.4 is 11.5 Å². The van der Waals surface area contributed by atoms with Gasteiger partial charge < -0.3 is 16.6 Å². The van der Waals surface area contributed by atoms with Crippen LogP contribution in [0.25, 0.3) is 0 Å². The smallest absolute Gasteiger partial charge is 0.323 e. The summed E-state index contributed by atoms with van der Waals surface area (Å²) in [6, 6.07) is 0. The van der Waals surface area contributed by atoms with Crippen LogP contribution in [0.4, 0.5) is 8.78 Å². The van der Waals surface area contributed by atoms with Gasteiger partial charge in [0.2, 0.25) is 0 Å². The molecule has 0 bridgehead atoms. The van der Waals surface area contributed by atoms with E-state index >= 15 is 0 Å². The first-order valence-corrected chi connectivity index (χ1v) is 4.98. The lowest BCUT2D eigenvalue weighted by molar-refractivity contribution is -0.142. The zero-order chi connectivity index (χ0) is 13.6. The highest BCUT2D eigenvalue weighted by atomic mass is 19.2. The van der Waals surface area contributed by atoms with E-state index in [0.717, 1.165) is 0 Å². The molecule has 7 heteroatoms. The lowest BCUT2D eigenvalue weighted by Crippen LogP contribution is -2.44. The minimum Gasteiger partial charge on any atom is -0.480 e.